The highest BCUT2D eigenvalue weighted by atomic mass is 16.5. The largest absolute Gasteiger partial charge is 0.384 e. The lowest BCUT2D eigenvalue weighted by Gasteiger charge is -2.20. The van der Waals surface area contributed by atoms with Crippen LogP contribution in [0.3, 0.4) is 0 Å². The Morgan fingerprint density at radius 3 is 2.56 bits per heavy atom. The normalized spacial score (nSPS) is 10.2. The average Bonchev–Trinajstić information content (AvgIpc) is 2.39. The Morgan fingerprint density at radius 2 is 1.94 bits per heavy atom. The Kier molecular flexibility index (Phi) is 6.22. The number of para-hydroxylation sites is 1. The predicted molar refractivity (Wildman–Crippen MR) is 74.0 cm³/mol. The maximum atomic E-state index is 12.0. The summed E-state index contributed by atoms with van der Waals surface area (Å²) in [5.41, 5.74) is 1.96. The van der Waals surface area contributed by atoms with Crippen LogP contribution in [0.4, 0.5) is 10.5 Å². The third kappa shape index (κ3) is 4.04. The monoisotopic (exact) mass is 250 g/mol. The number of carbonyl (C=O) groups excluding carboxylic acids is 1. The van der Waals surface area contributed by atoms with Gasteiger partial charge in [0.1, 0.15) is 0 Å². The Bertz CT molecular complexity index is 376. The maximum absolute atomic E-state index is 12.0. The molecule has 0 fully saturated rings. The quantitative estimate of drug-likeness (QED) is 0.843. The molecule has 0 unspecified atom stereocenters. The van der Waals surface area contributed by atoms with Crippen LogP contribution in [0.2, 0.25) is 0 Å². The number of nitrogens with zero attached hydrogens (tertiary/aromatic N) is 1. The molecular formula is C14H22N2O2. The van der Waals surface area contributed by atoms with E-state index in [1.807, 2.05) is 38.1 Å². The van der Waals surface area contributed by atoms with Crippen LogP contribution in [0, 0.1) is 0 Å². The van der Waals surface area contributed by atoms with Crippen LogP contribution in [-0.4, -0.2) is 37.7 Å². The number of urea groups is 1. The first kappa shape index (κ1) is 14.5. The molecule has 0 aliphatic heterocycles. The van der Waals surface area contributed by atoms with Crippen molar-refractivity contribution in [2.24, 2.45) is 0 Å². The first-order chi connectivity index (χ1) is 8.72. The minimum atomic E-state index is -0.0510. The van der Waals surface area contributed by atoms with E-state index in [2.05, 4.69) is 5.32 Å². The van der Waals surface area contributed by atoms with Gasteiger partial charge in [-0.25, -0.2) is 4.79 Å². The van der Waals surface area contributed by atoms with Gasteiger partial charge >= 0.3 is 6.03 Å². The van der Waals surface area contributed by atoms with Crippen LogP contribution in [0.15, 0.2) is 24.3 Å². The summed E-state index contributed by atoms with van der Waals surface area (Å²) >= 11 is 0. The molecule has 100 valence electrons. The Labute approximate surface area is 109 Å². The topological polar surface area (TPSA) is 41.6 Å². The molecule has 18 heavy (non-hydrogen) atoms. The van der Waals surface area contributed by atoms with E-state index in [9.17, 15) is 4.79 Å². The van der Waals surface area contributed by atoms with Crippen molar-refractivity contribution in [3.05, 3.63) is 29.8 Å². The average molecular weight is 250 g/mol. The summed E-state index contributed by atoms with van der Waals surface area (Å²) in [5.74, 6) is 0. The number of hydrogen-bond acceptors (Lipinski definition) is 2. The molecule has 4 nitrogen and oxygen atoms in total. The zero-order valence-corrected chi connectivity index (χ0v) is 11.4. The fraction of sp³-hybridized carbons (Fsp3) is 0.500. The van der Waals surface area contributed by atoms with E-state index in [0.717, 1.165) is 17.7 Å². The summed E-state index contributed by atoms with van der Waals surface area (Å²) in [4.78, 5) is 13.7. The summed E-state index contributed by atoms with van der Waals surface area (Å²) in [6, 6.07) is 7.78. The zero-order chi connectivity index (χ0) is 13.4. The highest BCUT2D eigenvalue weighted by Crippen LogP contribution is 2.16. The fourth-order valence-corrected chi connectivity index (χ4v) is 1.78. The van der Waals surface area contributed by atoms with E-state index in [1.165, 1.54) is 0 Å². The van der Waals surface area contributed by atoms with Gasteiger partial charge in [0.05, 0.1) is 6.61 Å². The van der Waals surface area contributed by atoms with Crippen molar-refractivity contribution in [3.8, 4) is 0 Å². The van der Waals surface area contributed by atoms with Gasteiger partial charge in [0, 0.05) is 25.9 Å². The highest BCUT2D eigenvalue weighted by molar-refractivity contribution is 5.90. The molecular weight excluding hydrogens is 228 g/mol. The first-order valence-corrected chi connectivity index (χ1v) is 6.35. The Balaban J connectivity index is 2.73. The minimum absolute atomic E-state index is 0.0510. The summed E-state index contributed by atoms with van der Waals surface area (Å²) in [5, 5.41) is 2.95. The van der Waals surface area contributed by atoms with Crippen LogP contribution >= 0.6 is 0 Å². The molecule has 0 bridgehead atoms. The van der Waals surface area contributed by atoms with E-state index in [-0.39, 0.29) is 6.03 Å². The molecule has 1 rings (SSSR count). The molecule has 0 heterocycles. The predicted octanol–water partition coefficient (Wildman–Crippen LogP) is 2.75. The standard InChI is InChI=1S/C14H22N2O2/c1-4-16(5-2)14(17)15-13-9-7-6-8-12(13)10-11-18-3/h6-9H,4-5,10-11H2,1-3H3,(H,15,17). The molecule has 1 N–H and O–H groups in total. The first-order valence-electron chi connectivity index (χ1n) is 6.35. The number of methoxy groups -OCH3 is 1. The van der Waals surface area contributed by atoms with Gasteiger partial charge in [0.15, 0.2) is 0 Å². The molecule has 1 aromatic rings. The van der Waals surface area contributed by atoms with Gasteiger partial charge < -0.3 is 15.0 Å². The second-order valence-corrected chi connectivity index (χ2v) is 4.00. The zero-order valence-electron chi connectivity index (χ0n) is 11.4. The number of ether oxygens (including phenoxy) is 1. The summed E-state index contributed by atoms with van der Waals surface area (Å²) in [6.07, 6.45) is 0.797. The van der Waals surface area contributed by atoms with Crippen molar-refractivity contribution in [1.29, 1.82) is 0 Å². The lowest BCUT2D eigenvalue weighted by Crippen LogP contribution is -2.34. The summed E-state index contributed by atoms with van der Waals surface area (Å²) in [6.45, 7) is 6.02. The molecule has 1 aromatic carbocycles. The number of anilines is 1. The van der Waals surface area contributed by atoms with Gasteiger partial charge in [0.25, 0.3) is 0 Å². The molecule has 0 aromatic heterocycles. The number of amides is 2. The van der Waals surface area contributed by atoms with Gasteiger partial charge in [0.2, 0.25) is 0 Å². The summed E-state index contributed by atoms with van der Waals surface area (Å²) in [7, 11) is 1.68. The van der Waals surface area contributed by atoms with Gasteiger partial charge in [-0.15, -0.1) is 0 Å². The van der Waals surface area contributed by atoms with E-state index >= 15 is 0 Å². The van der Waals surface area contributed by atoms with Crippen molar-refractivity contribution in [2.45, 2.75) is 20.3 Å². The molecule has 4 heteroatoms. The SMILES string of the molecule is CCN(CC)C(=O)Nc1ccccc1CCOC. The molecule has 0 aliphatic carbocycles. The van der Waals surface area contributed by atoms with Crippen LogP contribution in [-0.2, 0) is 11.2 Å². The molecule has 0 saturated carbocycles. The molecule has 0 radical (unpaired) electrons. The maximum Gasteiger partial charge on any atom is 0.321 e. The molecule has 0 saturated heterocycles. The fourth-order valence-electron chi connectivity index (χ4n) is 1.78. The van der Waals surface area contributed by atoms with Gasteiger partial charge in [-0.05, 0) is 31.9 Å². The number of carbonyl (C=O) groups is 1. The van der Waals surface area contributed by atoms with Crippen molar-refractivity contribution in [3.63, 3.8) is 0 Å². The van der Waals surface area contributed by atoms with Crippen molar-refractivity contribution in [2.75, 3.05) is 32.1 Å². The number of nitrogens with one attached hydrogen (secondary N) is 1. The third-order valence-corrected chi connectivity index (χ3v) is 2.89. The van der Waals surface area contributed by atoms with Crippen molar-refractivity contribution < 1.29 is 9.53 Å². The minimum Gasteiger partial charge on any atom is -0.384 e. The molecule has 0 aliphatic rings. The van der Waals surface area contributed by atoms with E-state index in [1.54, 1.807) is 12.0 Å². The lowest BCUT2D eigenvalue weighted by atomic mass is 10.1. The van der Waals surface area contributed by atoms with E-state index in [0.29, 0.717) is 19.7 Å². The van der Waals surface area contributed by atoms with Gasteiger partial charge in [-0.3, -0.25) is 0 Å². The van der Waals surface area contributed by atoms with Gasteiger partial charge in [-0.1, -0.05) is 18.2 Å². The highest BCUT2D eigenvalue weighted by Gasteiger charge is 2.11. The molecule has 0 atom stereocenters. The second kappa shape index (κ2) is 7.71. The van der Waals surface area contributed by atoms with Gasteiger partial charge in [-0.2, -0.15) is 0 Å². The Morgan fingerprint density at radius 1 is 1.28 bits per heavy atom. The lowest BCUT2D eigenvalue weighted by molar-refractivity contribution is 0.202. The van der Waals surface area contributed by atoms with Crippen LogP contribution < -0.4 is 5.32 Å². The van der Waals surface area contributed by atoms with E-state index < -0.39 is 0 Å². The van der Waals surface area contributed by atoms with Crippen LogP contribution in [0.5, 0.6) is 0 Å². The van der Waals surface area contributed by atoms with Crippen LogP contribution in [0.25, 0.3) is 0 Å². The number of benzene rings is 1. The Hall–Kier alpha value is -1.55. The molecule has 0 spiro atoms. The smallest absolute Gasteiger partial charge is 0.321 e. The van der Waals surface area contributed by atoms with Crippen molar-refractivity contribution >= 4 is 11.7 Å². The second-order valence-electron chi connectivity index (χ2n) is 4.00. The van der Waals surface area contributed by atoms with E-state index in [4.69, 9.17) is 4.74 Å². The summed E-state index contributed by atoms with van der Waals surface area (Å²) < 4.78 is 5.07. The number of rotatable bonds is 6. The van der Waals surface area contributed by atoms with Crippen LogP contribution in [0.1, 0.15) is 19.4 Å². The van der Waals surface area contributed by atoms with Crippen molar-refractivity contribution in [1.82, 2.24) is 4.90 Å². The third-order valence-electron chi connectivity index (χ3n) is 2.89. The number of hydrogen-bond donors (Lipinski definition) is 1. The molecule has 2 amide bonds.